The number of piperazine rings is 1. The molecule has 6 nitrogen and oxygen atoms in total. The Kier molecular flexibility index (Phi) is 6.31. The number of anilines is 3. The number of carbonyl (C=O) groups excluding carboxylic acids is 1. The first-order valence-electron chi connectivity index (χ1n) is 10.5. The third-order valence-corrected chi connectivity index (χ3v) is 5.62. The van der Waals surface area contributed by atoms with Gasteiger partial charge in [0.25, 0.3) is 0 Å². The molecule has 3 aromatic rings. The standard InChI is InChI=1S/C25H24FN5O/c1-18(32)23-7-2-19(16-27)14-24(23)29-17-20-8-9-28-25(15-20)31-12-10-30(11-13-31)22-5-3-21(26)4-6-22/h2-9,14-15,29H,10-13,17H2,1H3. The van der Waals surface area contributed by atoms with Crippen LogP contribution >= 0.6 is 0 Å². The second kappa shape index (κ2) is 9.48. The number of aromatic nitrogens is 1. The maximum atomic E-state index is 13.2. The van der Waals surface area contributed by atoms with Gasteiger partial charge in [0.1, 0.15) is 11.6 Å². The van der Waals surface area contributed by atoms with Gasteiger partial charge in [0.05, 0.1) is 11.6 Å². The molecule has 32 heavy (non-hydrogen) atoms. The van der Waals surface area contributed by atoms with E-state index in [9.17, 15) is 9.18 Å². The smallest absolute Gasteiger partial charge is 0.161 e. The van der Waals surface area contributed by atoms with E-state index in [1.54, 1.807) is 24.4 Å². The number of ketones is 1. The van der Waals surface area contributed by atoms with Crippen LogP contribution in [-0.2, 0) is 6.54 Å². The van der Waals surface area contributed by atoms with Crippen molar-refractivity contribution < 1.29 is 9.18 Å². The fourth-order valence-electron chi connectivity index (χ4n) is 3.85. The summed E-state index contributed by atoms with van der Waals surface area (Å²) in [5.74, 6) is 0.629. The number of halogens is 1. The van der Waals surface area contributed by atoms with E-state index in [1.807, 2.05) is 24.3 Å². The molecule has 0 unspecified atom stereocenters. The van der Waals surface area contributed by atoms with Crippen LogP contribution in [0.2, 0.25) is 0 Å². The van der Waals surface area contributed by atoms with Gasteiger partial charge in [-0.3, -0.25) is 4.79 Å². The lowest BCUT2D eigenvalue weighted by atomic mass is 10.1. The van der Waals surface area contributed by atoms with Crippen molar-refractivity contribution in [2.75, 3.05) is 41.3 Å². The van der Waals surface area contributed by atoms with E-state index in [4.69, 9.17) is 5.26 Å². The van der Waals surface area contributed by atoms with Crippen LogP contribution in [0.4, 0.5) is 21.6 Å². The molecule has 1 aliphatic heterocycles. The van der Waals surface area contributed by atoms with Crippen molar-refractivity contribution in [3.05, 3.63) is 83.3 Å². The zero-order valence-corrected chi connectivity index (χ0v) is 17.9. The molecule has 1 N–H and O–H groups in total. The molecule has 0 aliphatic carbocycles. The summed E-state index contributed by atoms with van der Waals surface area (Å²) in [6, 6.07) is 17.7. The van der Waals surface area contributed by atoms with Crippen LogP contribution in [0.15, 0.2) is 60.8 Å². The minimum Gasteiger partial charge on any atom is -0.380 e. The van der Waals surface area contributed by atoms with E-state index in [0.717, 1.165) is 43.2 Å². The van der Waals surface area contributed by atoms with Crippen LogP contribution in [0.1, 0.15) is 28.4 Å². The van der Waals surface area contributed by atoms with E-state index in [1.165, 1.54) is 19.1 Å². The van der Waals surface area contributed by atoms with Crippen molar-refractivity contribution in [2.45, 2.75) is 13.5 Å². The molecule has 7 heteroatoms. The summed E-state index contributed by atoms with van der Waals surface area (Å²) < 4.78 is 13.2. The van der Waals surface area contributed by atoms with Gasteiger partial charge >= 0.3 is 0 Å². The van der Waals surface area contributed by atoms with Gasteiger partial charge in [-0.2, -0.15) is 5.26 Å². The molecule has 0 amide bonds. The van der Waals surface area contributed by atoms with E-state index in [2.05, 4.69) is 26.2 Å². The topological polar surface area (TPSA) is 72.3 Å². The summed E-state index contributed by atoms with van der Waals surface area (Å²) in [6.45, 7) is 5.33. The Morgan fingerprint density at radius 2 is 1.78 bits per heavy atom. The van der Waals surface area contributed by atoms with E-state index in [0.29, 0.717) is 23.4 Å². The largest absolute Gasteiger partial charge is 0.380 e. The highest BCUT2D eigenvalue weighted by Gasteiger charge is 2.18. The van der Waals surface area contributed by atoms with Gasteiger partial charge in [0, 0.05) is 55.9 Å². The van der Waals surface area contributed by atoms with Gasteiger partial charge in [-0.15, -0.1) is 0 Å². The van der Waals surface area contributed by atoms with Crippen molar-refractivity contribution in [1.82, 2.24) is 4.98 Å². The average molecular weight is 429 g/mol. The molecular weight excluding hydrogens is 405 g/mol. The Labute approximate surface area is 186 Å². The molecular formula is C25H24FN5O. The van der Waals surface area contributed by atoms with Gasteiger partial charge in [-0.25, -0.2) is 9.37 Å². The lowest BCUT2D eigenvalue weighted by Crippen LogP contribution is -2.46. The molecule has 2 heterocycles. The Morgan fingerprint density at radius 1 is 1.06 bits per heavy atom. The lowest BCUT2D eigenvalue weighted by molar-refractivity contribution is 0.101. The SMILES string of the molecule is CC(=O)c1ccc(C#N)cc1NCc1ccnc(N2CCN(c3ccc(F)cc3)CC2)c1. The fraction of sp³-hybridized carbons (Fsp3) is 0.240. The second-order valence-corrected chi connectivity index (χ2v) is 7.75. The minimum absolute atomic E-state index is 0.0496. The summed E-state index contributed by atoms with van der Waals surface area (Å²) in [7, 11) is 0. The summed E-state index contributed by atoms with van der Waals surface area (Å²) >= 11 is 0. The average Bonchev–Trinajstić information content (AvgIpc) is 2.83. The number of nitriles is 1. The Balaban J connectivity index is 1.41. The van der Waals surface area contributed by atoms with Crippen molar-refractivity contribution in [3.8, 4) is 6.07 Å². The number of Topliss-reactive ketones (excluding diaryl/α,β-unsaturated/α-hetero) is 1. The normalized spacial score (nSPS) is 13.5. The number of hydrogen-bond acceptors (Lipinski definition) is 6. The third kappa shape index (κ3) is 4.86. The van der Waals surface area contributed by atoms with Crippen molar-refractivity contribution >= 4 is 23.0 Å². The Bertz CT molecular complexity index is 1150. The molecule has 0 saturated carbocycles. The molecule has 1 aliphatic rings. The first-order valence-corrected chi connectivity index (χ1v) is 10.5. The van der Waals surface area contributed by atoms with Crippen LogP contribution < -0.4 is 15.1 Å². The molecule has 1 fully saturated rings. The molecule has 0 radical (unpaired) electrons. The molecule has 162 valence electrons. The predicted octanol–water partition coefficient (Wildman–Crippen LogP) is 4.23. The van der Waals surface area contributed by atoms with Gasteiger partial charge in [-0.05, 0) is 67.1 Å². The van der Waals surface area contributed by atoms with E-state index in [-0.39, 0.29) is 11.6 Å². The van der Waals surface area contributed by atoms with E-state index >= 15 is 0 Å². The quantitative estimate of drug-likeness (QED) is 0.591. The maximum Gasteiger partial charge on any atom is 0.161 e. The molecule has 4 rings (SSSR count). The first kappa shape index (κ1) is 21.3. The number of hydrogen-bond donors (Lipinski definition) is 1. The van der Waals surface area contributed by atoms with Crippen LogP contribution in [0, 0.1) is 17.1 Å². The number of carbonyl (C=O) groups is 1. The highest BCUT2D eigenvalue weighted by atomic mass is 19.1. The lowest BCUT2D eigenvalue weighted by Gasteiger charge is -2.36. The van der Waals surface area contributed by atoms with Crippen molar-refractivity contribution in [2.24, 2.45) is 0 Å². The van der Waals surface area contributed by atoms with Gasteiger partial charge in [-0.1, -0.05) is 0 Å². The highest BCUT2D eigenvalue weighted by Crippen LogP contribution is 2.22. The zero-order chi connectivity index (χ0) is 22.5. The number of benzene rings is 2. The molecule has 1 saturated heterocycles. The van der Waals surface area contributed by atoms with Crippen LogP contribution in [0.3, 0.4) is 0 Å². The van der Waals surface area contributed by atoms with E-state index < -0.39 is 0 Å². The maximum absolute atomic E-state index is 13.2. The monoisotopic (exact) mass is 429 g/mol. The number of nitrogens with one attached hydrogen (secondary N) is 1. The summed E-state index contributed by atoms with van der Waals surface area (Å²) in [5, 5.41) is 12.5. The predicted molar refractivity (Wildman–Crippen MR) is 124 cm³/mol. The molecule has 2 aromatic carbocycles. The highest BCUT2D eigenvalue weighted by molar-refractivity contribution is 5.99. The van der Waals surface area contributed by atoms with Gasteiger partial charge in [0.15, 0.2) is 5.78 Å². The zero-order valence-electron chi connectivity index (χ0n) is 17.9. The molecule has 0 bridgehead atoms. The summed E-state index contributed by atoms with van der Waals surface area (Å²) in [5.41, 5.74) is 3.79. The number of rotatable bonds is 6. The summed E-state index contributed by atoms with van der Waals surface area (Å²) in [4.78, 5) is 20.9. The van der Waals surface area contributed by atoms with Crippen LogP contribution in [-0.4, -0.2) is 36.9 Å². The Hall–Kier alpha value is -3.92. The molecule has 0 spiro atoms. The third-order valence-electron chi connectivity index (χ3n) is 5.62. The minimum atomic E-state index is -0.225. The summed E-state index contributed by atoms with van der Waals surface area (Å²) in [6.07, 6.45) is 1.79. The number of pyridine rings is 1. The van der Waals surface area contributed by atoms with Crippen LogP contribution in [0.25, 0.3) is 0 Å². The van der Waals surface area contributed by atoms with Crippen molar-refractivity contribution in [1.29, 1.82) is 5.26 Å². The Morgan fingerprint density at radius 3 is 2.47 bits per heavy atom. The fourth-order valence-corrected chi connectivity index (χ4v) is 3.85. The molecule has 0 atom stereocenters. The van der Waals surface area contributed by atoms with Crippen molar-refractivity contribution in [3.63, 3.8) is 0 Å². The second-order valence-electron chi connectivity index (χ2n) is 7.75. The van der Waals surface area contributed by atoms with Crippen LogP contribution in [0.5, 0.6) is 0 Å². The van der Waals surface area contributed by atoms with Gasteiger partial charge in [0.2, 0.25) is 0 Å². The van der Waals surface area contributed by atoms with Gasteiger partial charge < -0.3 is 15.1 Å². The first-order chi connectivity index (χ1) is 15.5. The number of nitrogens with zero attached hydrogens (tertiary/aromatic N) is 4. The molecule has 1 aromatic heterocycles.